The Morgan fingerprint density at radius 2 is 2.21 bits per heavy atom. The van der Waals surface area contributed by atoms with Gasteiger partial charge in [-0.05, 0) is 31.9 Å². The lowest BCUT2D eigenvalue weighted by atomic mass is 10.1. The summed E-state index contributed by atoms with van der Waals surface area (Å²) >= 11 is 0. The van der Waals surface area contributed by atoms with Gasteiger partial charge in [-0.25, -0.2) is 0 Å². The molecule has 2 aromatic rings. The van der Waals surface area contributed by atoms with Crippen LogP contribution < -0.4 is 5.32 Å². The molecule has 0 radical (unpaired) electrons. The van der Waals surface area contributed by atoms with Crippen molar-refractivity contribution in [1.82, 2.24) is 15.2 Å². The van der Waals surface area contributed by atoms with Crippen LogP contribution in [0.5, 0.6) is 0 Å². The van der Waals surface area contributed by atoms with Crippen molar-refractivity contribution in [2.75, 3.05) is 5.32 Å². The summed E-state index contributed by atoms with van der Waals surface area (Å²) in [5.41, 5.74) is 2.30. The van der Waals surface area contributed by atoms with E-state index < -0.39 is 0 Å². The number of aromatic nitrogens is 3. The Morgan fingerprint density at radius 1 is 1.37 bits per heavy atom. The number of nitrogens with zero attached hydrogens (tertiary/aromatic N) is 3. The summed E-state index contributed by atoms with van der Waals surface area (Å²) in [4.78, 5) is 4.39. The van der Waals surface area contributed by atoms with Crippen LogP contribution in [0.25, 0.3) is 0 Å². The van der Waals surface area contributed by atoms with Crippen molar-refractivity contribution < 1.29 is 4.42 Å². The Hall–Kier alpha value is -1.91. The number of pyridine rings is 1. The molecule has 1 atom stereocenters. The lowest BCUT2D eigenvalue weighted by molar-refractivity contribution is 0.496. The van der Waals surface area contributed by atoms with Crippen LogP contribution in [0.3, 0.4) is 0 Å². The Morgan fingerprint density at radius 3 is 2.95 bits per heavy atom. The summed E-state index contributed by atoms with van der Waals surface area (Å²) in [6.45, 7) is 6.24. The molecule has 1 unspecified atom stereocenters. The van der Waals surface area contributed by atoms with Gasteiger partial charge in [0.25, 0.3) is 0 Å². The molecule has 2 aromatic heterocycles. The highest BCUT2D eigenvalue weighted by Crippen LogP contribution is 2.12. The van der Waals surface area contributed by atoms with E-state index in [-0.39, 0.29) is 6.04 Å². The number of aryl methyl sites for hydroxylation is 2. The number of hydrogen-bond donors (Lipinski definition) is 1. The molecule has 0 bridgehead atoms. The molecular weight excluding hydrogens is 240 g/mol. The van der Waals surface area contributed by atoms with E-state index in [1.165, 1.54) is 5.56 Å². The molecule has 102 valence electrons. The van der Waals surface area contributed by atoms with Gasteiger partial charge in [0.05, 0.1) is 0 Å². The molecule has 5 nitrogen and oxygen atoms in total. The van der Waals surface area contributed by atoms with Crippen LogP contribution in [0.1, 0.15) is 37.4 Å². The number of hydrogen-bond acceptors (Lipinski definition) is 5. The second-order valence-corrected chi connectivity index (χ2v) is 4.77. The maximum absolute atomic E-state index is 5.51. The van der Waals surface area contributed by atoms with Crippen LogP contribution in [0.15, 0.2) is 22.7 Å². The molecular formula is C14H20N4O. The summed E-state index contributed by atoms with van der Waals surface area (Å²) in [6, 6.07) is 4.71. The maximum atomic E-state index is 5.51. The summed E-state index contributed by atoms with van der Waals surface area (Å²) < 4.78 is 5.51. The topological polar surface area (TPSA) is 63.8 Å². The van der Waals surface area contributed by atoms with Crippen molar-refractivity contribution in [3.8, 4) is 0 Å². The molecule has 0 spiro atoms. The Balaban J connectivity index is 1.93. The molecule has 0 saturated carbocycles. The second-order valence-electron chi connectivity index (χ2n) is 4.77. The van der Waals surface area contributed by atoms with E-state index >= 15 is 0 Å². The van der Waals surface area contributed by atoms with Crippen LogP contribution in [-0.4, -0.2) is 21.2 Å². The summed E-state index contributed by atoms with van der Waals surface area (Å²) in [5, 5.41) is 11.2. The van der Waals surface area contributed by atoms with Crippen molar-refractivity contribution in [1.29, 1.82) is 0 Å². The maximum Gasteiger partial charge on any atom is 0.315 e. The highest BCUT2D eigenvalue weighted by Gasteiger charge is 2.11. The third kappa shape index (κ3) is 3.77. The van der Waals surface area contributed by atoms with Gasteiger partial charge < -0.3 is 9.73 Å². The monoisotopic (exact) mass is 260 g/mol. The molecule has 0 aliphatic heterocycles. The van der Waals surface area contributed by atoms with E-state index in [4.69, 9.17) is 4.42 Å². The largest absolute Gasteiger partial charge is 0.408 e. The molecule has 0 amide bonds. The highest BCUT2D eigenvalue weighted by molar-refractivity contribution is 5.23. The molecule has 0 aromatic carbocycles. The van der Waals surface area contributed by atoms with Gasteiger partial charge in [0, 0.05) is 30.8 Å². The molecule has 0 aliphatic rings. The van der Waals surface area contributed by atoms with Gasteiger partial charge in [-0.15, -0.1) is 5.10 Å². The average molecular weight is 260 g/mol. The first-order valence-electron chi connectivity index (χ1n) is 6.68. The standard InChI is InChI=1S/C14H20N4O/c1-4-6-13-17-18-14(19-13)16-11(3)9-12-10(2)7-5-8-15-12/h5,7-8,11H,4,6,9H2,1-3H3,(H,16,18). The molecule has 0 saturated heterocycles. The Labute approximate surface area is 113 Å². The second kappa shape index (κ2) is 6.31. The van der Waals surface area contributed by atoms with E-state index in [0.29, 0.717) is 11.9 Å². The zero-order chi connectivity index (χ0) is 13.7. The smallest absolute Gasteiger partial charge is 0.315 e. The van der Waals surface area contributed by atoms with E-state index in [1.807, 2.05) is 12.3 Å². The predicted octanol–water partition coefficient (Wildman–Crippen LogP) is 2.77. The zero-order valence-electron chi connectivity index (χ0n) is 11.7. The first kappa shape index (κ1) is 13.5. The van der Waals surface area contributed by atoms with Gasteiger partial charge in [-0.3, -0.25) is 4.98 Å². The fourth-order valence-electron chi connectivity index (χ4n) is 1.91. The lowest BCUT2D eigenvalue weighted by Crippen LogP contribution is -2.19. The van der Waals surface area contributed by atoms with Gasteiger partial charge in [-0.2, -0.15) is 0 Å². The highest BCUT2D eigenvalue weighted by atomic mass is 16.4. The third-order valence-electron chi connectivity index (χ3n) is 2.92. The lowest BCUT2D eigenvalue weighted by Gasteiger charge is -2.12. The van der Waals surface area contributed by atoms with Crippen molar-refractivity contribution in [3.63, 3.8) is 0 Å². The van der Waals surface area contributed by atoms with Crippen LogP contribution in [-0.2, 0) is 12.8 Å². The van der Waals surface area contributed by atoms with Gasteiger partial charge in [-0.1, -0.05) is 18.1 Å². The van der Waals surface area contributed by atoms with Crippen LogP contribution >= 0.6 is 0 Å². The predicted molar refractivity (Wildman–Crippen MR) is 74.1 cm³/mol. The summed E-state index contributed by atoms with van der Waals surface area (Å²) in [7, 11) is 0. The third-order valence-corrected chi connectivity index (χ3v) is 2.92. The zero-order valence-corrected chi connectivity index (χ0v) is 11.7. The first-order valence-corrected chi connectivity index (χ1v) is 6.68. The SMILES string of the molecule is CCCc1nnc(NC(C)Cc2ncccc2C)o1. The summed E-state index contributed by atoms with van der Waals surface area (Å²) in [5.74, 6) is 0.686. The van der Waals surface area contributed by atoms with E-state index in [2.05, 4.69) is 47.3 Å². The molecule has 2 rings (SSSR count). The van der Waals surface area contributed by atoms with Gasteiger partial charge in [0.1, 0.15) is 0 Å². The van der Waals surface area contributed by atoms with Crippen LogP contribution in [0.2, 0.25) is 0 Å². The number of anilines is 1. The molecule has 5 heteroatoms. The van der Waals surface area contributed by atoms with E-state index in [1.54, 1.807) is 0 Å². The van der Waals surface area contributed by atoms with Gasteiger partial charge in [0.2, 0.25) is 5.89 Å². The van der Waals surface area contributed by atoms with Crippen LogP contribution in [0, 0.1) is 6.92 Å². The minimum atomic E-state index is 0.198. The molecule has 1 N–H and O–H groups in total. The van der Waals surface area contributed by atoms with Gasteiger partial charge >= 0.3 is 6.01 Å². The minimum Gasteiger partial charge on any atom is -0.408 e. The Kier molecular flexibility index (Phi) is 4.49. The Bertz CT molecular complexity index is 524. The quantitative estimate of drug-likeness (QED) is 0.865. The van der Waals surface area contributed by atoms with Crippen molar-refractivity contribution in [2.24, 2.45) is 0 Å². The summed E-state index contributed by atoms with van der Waals surface area (Å²) in [6.07, 6.45) is 4.48. The average Bonchev–Trinajstić information content (AvgIpc) is 2.80. The van der Waals surface area contributed by atoms with Crippen molar-refractivity contribution in [2.45, 2.75) is 46.1 Å². The normalized spacial score (nSPS) is 12.4. The molecule has 0 fully saturated rings. The minimum absolute atomic E-state index is 0.198. The van der Waals surface area contributed by atoms with Crippen molar-refractivity contribution in [3.05, 3.63) is 35.5 Å². The van der Waals surface area contributed by atoms with E-state index in [0.717, 1.165) is 25.0 Å². The van der Waals surface area contributed by atoms with E-state index in [9.17, 15) is 0 Å². The first-order chi connectivity index (χ1) is 9.19. The number of nitrogens with one attached hydrogen (secondary N) is 1. The van der Waals surface area contributed by atoms with Gasteiger partial charge in [0.15, 0.2) is 0 Å². The fraction of sp³-hybridized carbons (Fsp3) is 0.500. The molecule has 0 aliphatic carbocycles. The van der Waals surface area contributed by atoms with Crippen LogP contribution in [0.4, 0.5) is 6.01 Å². The molecule has 2 heterocycles. The number of rotatable bonds is 6. The molecule has 19 heavy (non-hydrogen) atoms. The fourth-order valence-corrected chi connectivity index (χ4v) is 1.91. The van der Waals surface area contributed by atoms with Crippen molar-refractivity contribution >= 4 is 6.01 Å².